The van der Waals surface area contributed by atoms with Gasteiger partial charge in [0, 0.05) is 61.2 Å². The minimum absolute atomic E-state index is 0.0503. The van der Waals surface area contributed by atoms with E-state index < -0.39 is 0 Å². The Kier molecular flexibility index (Phi) is 6.50. The second-order valence-corrected chi connectivity index (χ2v) is 8.35. The van der Waals surface area contributed by atoms with Crippen LogP contribution in [0.1, 0.15) is 15.9 Å². The van der Waals surface area contributed by atoms with Gasteiger partial charge in [0.05, 0.1) is 6.54 Å². The largest absolute Gasteiger partial charge is 0.368 e. The van der Waals surface area contributed by atoms with Crippen molar-refractivity contribution < 1.29 is 14.4 Å². The number of carbonyl (C=O) groups is 3. The van der Waals surface area contributed by atoms with Crippen LogP contribution in [0.4, 0.5) is 16.2 Å². The van der Waals surface area contributed by atoms with Gasteiger partial charge in [-0.15, -0.1) is 0 Å². The van der Waals surface area contributed by atoms with E-state index in [-0.39, 0.29) is 24.4 Å². The molecule has 0 atom stereocenters. The lowest BCUT2D eigenvalue weighted by Gasteiger charge is -2.36. The minimum atomic E-state index is -0.309. The molecule has 4 rings (SSSR count). The lowest BCUT2D eigenvalue weighted by molar-refractivity contribution is -0.130. The van der Waals surface area contributed by atoms with Crippen LogP contribution in [0.2, 0.25) is 5.02 Å². The number of nitrogens with zero attached hydrogens (tertiary/aromatic N) is 3. The molecule has 2 heterocycles. The Morgan fingerprint density at radius 2 is 1.84 bits per heavy atom. The number of aryl methyl sites for hydroxylation is 1. The zero-order valence-electron chi connectivity index (χ0n) is 17.9. The number of carbonyl (C=O) groups excluding carboxylic acids is 3. The summed E-state index contributed by atoms with van der Waals surface area (Å²) in [6, 6.07) is 12.7. The van der Waals surface area contributed by atoms with Crippen LogP contribution in [0.15, 0.2) is 42.5 Å². The maximum absolute atomic E-state index is 12.6. The van der Waals surface area contributed by atoms with E-state index in [0.717, 1.165) is 16.9 Å². The molecule has 0 bridgehead atoms. The Hall–Kier alpha value is -3.26. The standard InChI is InChI=1S/C23H26ClN5O3/c1-16-13-17(5-6-20(16)29-8-7-25-23(29)32)22(31)26-15-21(30)28-11-9-27(10-12-28)19-4-2-3-18(24)14-19/h2-6,13-14H,7-12,15H2,1H3,(H,25,32)(H,26,31). The molecule has 0 aliphatic carbocycles. The van der Waals surface area contributed by atoms with Crippen molar-refractivity contribution in [3.63, 3.8) is 0 Å². The number of anilines is 2. The summed E-state index contributed by atoms with van der Waals surface area (Å²) in [6.07, 6.45) is 0. The van der Waals surface area contributed by atoms with Gasteiger partial charge in [-0.05, 0) is 48.9 Å². The molecule has 0 radical (unpaired) electrons. The third-order valence-electron chi connectivity index (χ3n) is 5.81. The highest BCUT2D eigenvalue weighted by atomic mass is 35.5. The molecule has 9 heteroatoms. The summed E-state index contributed by atoms with van der Waals surface area (Å²) in [6.45, 7) is 5.63. The average Bonchev–Trinajstić information content (AvgIpc) is 3.22. The van der Waals surface area contributed by atoms with Crippen LogP contribution in [0.3, 0.4) is 0 Å². The number of hydrogen-bond acceptors (Lipinski definition) is 4. The van der Waals surface area contributed by atoms with Crippen molar-refractivity contribution in [3.05, 3.63) is 58.6 Å². The Morgan fingerprint density at radius 3 is 2.50 bits per heavy atom. The molecular weight excluding hydrogens is 430 g/mol. The second-order valence-electron chi connectivity index (χ2n) is 7.92. The molecule has 0 aromatic heterocycles. The molecule has 32 heavy (non-hydrogen) atoms. The first-order chi connectivity index (χ1) is 15.4. The van der Waals surface area contributed by atoms with E-state index in [0.29, 0.717) is 49.9 Å². The molecule has 2 fully saturated rings. The third kappa shape index (κ3) is 4.80. The molecular formula is C23H26ClN5O3. The quantitative estimate of drug-likeness (QED) is 0.724. The molecule has 2 aliphatic heterocycles. The van der Waals surface area contributed by atoms with Crippen molar-refractivity contribution in [2.75, 3.05) is 55.6 Å². The van der Waals surface area contributed by atoms with E-state index in [9.17, 15) is 14.4 Å². The van der Waals surface area contributed by atoms with Crippen molar-refractivity contribution in [1.82, 2.24) is 15.5 Å². The van der Waals surface area contributed by atoms with Crippen molar-refractivity contribution in [3.8, 4) is 0 Å². The smallest absolute Gasteiger partial charge is 0.322 e. The van der Waals surface area contributed by atoms with Gasteiger partial charge in [0.15, 0.2) is 0 Å². The fraction of sp³-hybridized carbons (Fsp3) is 0.348. The zero-order chi connectivity index (χ0) is 22.7. The van der Waals surface area contributed by atoms with Gasteiger partial charge in [-0.1, -0.05) is 17.7 Å². The van der Waals surface area contributed by atoms with Gasteiger partial charge in [0.2, 0.25) is 5.91 Å². The summed E-state index contributed by atoms with van der Waals surface area (Å²) < 4.78 is 0. The first-order valence-electron chi connectivity index (χ1n) is 10.6. The van der Waals surface area contributed by atoms with Crippen LogP contribution in [0.5, 0.6) is 0 Å². The van der Waals surface area contributed by atoms with E-state index in [2.05, 4.69) is 15.5 Å². The van der Waals surface area contributed by atoms with E-state index in [1.165, 1.54) is 0 Å². The van der Waals surface area contributed by atoms with Gasteiger partial charge in [0.25, 0.3) is 5.91 Å². The molecule has 0 spiro atoms. The fourth-order valence-electron chi connectivity index (χ4n) is 4.06. The number of urea groups is 1. The van der Waals surface area contributed by atoms with Gasteiger partial charge in [0.1, 0.15) is 0 Å². The number of nitrogens with one attached hydrogen (secondary N) is 2. The van der Waals surface area contributed by atoms with E-state index >= 15 is 0 Å². The van der Waals surface area contributed by atoms with Crippen LogP contribution in [0, 0.1) is 6.92 Å². The van der Waals surface area contributed by atoms with Gasteiger partial charge >= 0.3 is 6.03 Å². The molecule has 2 saturated heterocycles. The van der Waals surface area contributed by atoms with Gasteiger partial charge in [-0.3, -0.25) is 14.5 Å². The normalized spacial score (nSPS) is 16.2. The molecule has 0 unspecified atom stereocenters. The number of piperazine rings is 1. The summed E-state index contributed by atoms with van der Waals surface area (Å²) in [5.74, 6) is -0.414. The highest BCUT2D eigenvalue weighted by Gasteiger charge is 2.24. The van der Waals surface area contributed by atoms with Crippen LogP contribution >= 0.6 is 11.6 Å². The van der Waals surface area contributed by atoms with Crippen LogP contribution in [-0.4, -0.2) is 68.6 Å². The number of hydrogen-bond donors (Lipinski definition) is 2. The van der Waals surface area contributed by atoms with E-state index in [1.807, 2.05) is 31.2 Å². The maximum atomic E-state index is 12.6. The monoisotopic (exact) mass is 455 g/mol. The predicted molar refractivity (Wildman–Crippen MR) is 125 cm³/mol. The Labute approximate surface area is 192 Å². The van der Waals surface area contributed by atoms with Gasteiger partial charge in [-0.2, -0.15) is 0 Å². The summed E-state index contributed by atoms with van der Waals surface area (Å²) in [4.78, 5) is 42.6. The summed E-state index contributed by atoms with van der Waals surface area (Å²) in [5.41, 5.74) is 3.12. The Balaban J connectivity index is 1.28. The summed E-state index contributed by atoms with van der Waals surface area (Å²) >= 11 is 6.07. The van der Waals surface area contributed by atoms with Gasteiger partial charge in [-0.25, -0.2) is 4.79 Å². The highest BCUT2D eigenvalue weighted by Crippen LogP contribution is 2.23. The highest BCUT2D eigenvalue weighted by molar-refractivity contribution is 6.30. The molecule has 0 saturated carbocycles. The number of rotatable bonds is 5. The van der Waals surface area contributed by atoms with E-state index in [1.54, 1.807) is 28.0 Å². The molecule has 2 aromatic carbocycles. The number of benzene rings is 2. The van der Waals surface area contributed by atoms with Crippen molar-refractivity contribution >= 4 is 40.8 Å². The summed E-state index contributed by atoms with van der Waals surface area (Å²) in [7, 11) is 0. The van der Waals surface area contributed by atoms with Crippen LogP contribution < -0.4 is 20.4 Å². The molecule has 2 aromatic rings. The number of amides is 4. The van der Waals surface area contributed by atoms with Crippen molar-refractivity contribution in [1.29, 1.82) is 0 Å². The molecule has 4 amide bonds. The Bertz CT molecular complexity index is 1040. The van der Waals surface area contributed by atoms with E-state index in [4.69, 9.17) is 11.6 Å². The Morgan fingerprint density at radius 1 is 1.06 bits per heavy atom. The van der Waals surface area contributed by atoms with Crippen molar-refractivity contribution in [2.45, 2.75) is 6.92 Å². The van der Waals surface area contributed by atoms with Crippen LogP contribution in [-0.2, 0) is 4.79 Å². The number of halogens is 1. The zero-order valence-corrected chi connectivity index (χ0v) is 18.7. The molecule has 2 aliphatic rings. The average molecular weight is 456 g/mol. The minimum Gasteiger partial charge on any atom is -0.368 e. The predicted octanol–water partition coefficient (Wildman–Crippen LogP) is 2.26. The first-order valence-corrected chi connectivity index (χ1v) is 11.0. The van der Waals surface area contributed by atoms with Crippen LogP contribution in [0.25, 0.3) is 0 Å². The summed E-state index contributed by atoms with van der Waals surface area (Å²) in [5, 5.41) is 6.18. The maximum Gasteiger partial charge on any atom is 0.322 e. The molecule has 2 N–H and O–H groups in total. The van der Waals surface area contributed by atoms with Gasteiger partial charge < -0.3 is 20.4 Å². The molecule has 8 nitrogen and oxygen atoms in total. The lowest BCUT2D eigenvalue weighted by atomic mass is 10.1. The second kappa shape index (κ2) is 9.48. The topological polar surface area (TPSA) is 85.0 Å². The first kappa shape index (κ1) is 22.0. The lowest BCUT2D eigenvalue weighted by Crippen LogP contribution is -2.51. The molecule has 168 valence electrons. The third-order valence-corrected chi connectivity index (χ3v) is 6.05. The fourth-order valence-corrected chi connectivity index (χ4v) is 4.24. The SMILES string of the molecule is Cc1cc(C(=O)NCC(=O)N2CCN(c3cccc(Cl)c3)CC2)ccc1N1CCNC1=O. The van der Waals surface area contributed by atoms with Crippen molar-refractivity contribution in [2.24, 2.45) is 0 Å².